The fraction of sp³-hybridized carbons (Fsp3) is 0.529. The summed E-state index contributed by atoms with van der Waals surface area (Å²) in [5, 5.41) is 13.3. The molecule has 1 aromatic heterocycles. The monoisotopic (exact) mass is 618 g/mol. The van der Waals surface area contributed by atoms with E-state index in [1.807, 2.05) is 17.0 Å². The van der Waals surface area contributed by atoms with Crippen LogP contribution in [0.1, 0.15) is 39.2 Å². The Hall–Kier alpha value is -3.99. The summed E-state index contributed by atoms with van der Waals surface area (Å²) in [7, 11) is 1.49. The first-order valence-electron chi connectivity index (χ1n) is 15.9. The van der Waals surface area contributed by atoms with Crippen LogP contribution in [0.15, 0.2) is 52.5 Å². The molecule has 10 nitrogen and oxygen atoms in total. The van der Waals surface area contributed by atoms with Crippen LogP contribution in [0.2, 0.25) is 0 Å². The maximum Gasteiger partial charge on any atom is 0.317 e. The Morgan fingerprint density at radius 2 is 1.93 bits per heavy atom. The Labute approximate surface area is 262 Å². The number of hydrogen-bond acceptors (Lipinski definition) is 6. The lowest BCUT2D eigenvalue weighted by atomic mass is 9.45. The second-order valence-electron chi connectivity index (χ2n) is 13.4. The predicted molar refractivity (Wildman–Crippen MR) is 172 cm³/mol. The van der Waals surface area contributed by atoms with E-state index in [-0.39, 0.29) is 24.0 Å². The Morgan fingerprint density at radius 3 is 2.60 bits per heavy atom. The van der Waals surface area contributed by atoms with E-state index in [4.69, 9.17) is 9.73 Å². The molecule has 1 unspecified atom stereocenters. The standard InChI is InChI=1S/C34H43FN6O4/c1-21-27-15-23(34(27,2)3)16-29(21)38-33(40-13-11-39(12-14-40)19-31(42)43)37-24-6-8-26-30(17-24)36-20-41(32(26)44)10-9-22-5-7-25(45-4)18-28(22)35/h5-8,17-18,20-21,23,27,29H,9-16,19H2,1-4H3,(H,37,38)(H,42,43)/t21-,23-,27+,29?/m0/s1. The molecule has 240 valence electrons. The number of aromatic nitrogens is 2. The van der Waals surface area contributed by atoms with Crippen LogP contribution in [0.4, 0.5) is 10.1 Å². The number of anilines is 1. The number of carbonyl (C=O) groups is 1. The molecule has 11 heteroatoms. The molecule has 4 atom stereocenters. The Balaban J connectivity index is 1.21. The van der Waals surface area contributed by atoms with E-state index >= 15 is 0 Å². The van der Waals surface area contributed by atoms with E-state index in [0.29, 0.717) is 84.5 Å². The van der Waals surface area contributed by atoms with Gasteiger partial charge in [-0.25, -0.2) is 14.4 Å². The van der Waals surface area contributed by atoms with E-state index < -0.39 is 5.97 Å². The van der Waals surface area contributed by atoms with Gasteiger partial charge < -0.3 is 20.1 Å². The highest BCUT2D eigenvalue weighted by Crippen LogP contribution is 2.61. The van der Waals surface area contributed by atoms with Gasteiger partial charge in [-0.3, -0.25) is 19.1 Å². The molecule has 2 N–H and O–H groups in total. The Bertz CT molecular complexity index is 1660. The van der Waals surface area contributed by atoms with Crippen molar-refractivity contribution in [2.24, 2.45) is 28.2 Å². The highest BCUT2D eigenvalue weighted by Gasteiger charge is 2.56. The highest BCUT2D eigenvalue weighted by atomic mass is 19.1. The lowest BCUT2D eigenvalue weighted by Gasteiger charge is -2.61. The largest absolute Gasteiger partial charge is 0.497 e. The van der Waals surface area contributed by atoms with Gasteiger partial charge in [0.25, 0.3) is 5.56 Å². The van der Waals surface area contributed by atoms with Crippen LogP contribution in [0.25, 0.3) is 10.9 Å². The Morgan fingerprint density at radius 1 is 1.16 bits per heavy atom. The van der Waals surface area contributed by atoms with Crippen molar-refractivity contribution in [1.82, 2.24) is 19.4 Å². The molecular formula is C34H43FN6O4. The molecule has 2 heterocycles. The zero-order valence-corrected chi connectivity index (χ0v) is 26.5. The molecule has 2 aromatic carbocycles. The zero-order chi connectivity index (χ0) is 31.9. The number of rotatable bonds is 8. The van der Waals surface area contributed by atoms with Crippen LogP contribution in [-0.2, 0) is 17.8 Å². The van der Waals surface area contributed by atoms with Crippen molar-refractivity contribution in [3.8, 4) is 5.75 Å². The first-order chi connectivity index (χ1) is 21.5. The second kappa shape index (κ2) is 12.4. The third-order valence-electron chi connectivity index (χ3n) is 10.6. The van der Waals surface area contributed by atoms with E-state index in [1.165, 1.54) is 30.5 Å². The SMILES string of the molecule is COc1ccc(CCn2cnc3cc(NC(=NC4C[C@@H]5C[C@H]([C@@H]4C)C5(C)C)N4CCN(CC(=O)O)CC4)ccc3c2=O)c(F)c1. The molecule has 0 radical (unpaired) electrons. The smallest absolute Gasteiger partial charge is 0.317 e. The minimum absolute atomic E-state index is 0.0365. The molecule has 45 heavy (non-hydrogen) atoms. The van der Waals surface area contributed by atoms with Gasteiger partial charge in [0.2, 0.25) is 0 Å². The van der Waals surface area contributed by atoms with Gasteiger partial charge in [0.05, 0.1) is 36.9 Å². The van der Waals surface area contributed by atoms with Crippen molar-refractivity contribution in [3.05, 3.63) is 64.5 Å². The topological polar surface area (TPSA) is 112 Å². The van der Waals surface area contributed by atoms with Crippen LogP contribution >= 0.6 is 0 Å². The molecular weight excluding hydrogens is 575 g/mol. The molecule has 1 aliphatic heterocycles. The number of aliphatic carboxylic acids is 1. The quantitative estimate of drug-likeness (QED) is 0.284. The van der Waals surface area contributed by atoms with Crippen molar-refractivity contribution in [2.75, 3.05) is 45.2 Å². The van der Waals surface area contributed by atoms with Crippen LogP contribution in [0.5, 0.6) is 5.75 Å². The molecule has 4 fully saturated rings. The molecule has 0 amide bonds. The normalized spacial score (nSPS) is 24.7. The summed E-state index contributed by atoms with van der Waals surface area (Å²) in [6.07, 6.45) is 4.21. The number of carboxylic acid groups (broad SMARTS) is 1. The lowest BCUT2D eigenvalue weighted by molar-refractivity contribution is -0.138. The molecule has 3 aliphatic carbocycles. The maximum absolute atomic E-state index is 14.4. The number of aryl methyl sites for hydroxylation is 2. The van der Waals surface area contributed by atoms with Crippen molar-refractivity contribution < 1.29 is 19.0 Å². The first kappa shape index (κ1) is 31.0. The number of aliphatic imine (C=N–C) groups is 1. The molecule has 3 aromatic rings. The number of halogens is 1. The van der Waals surface area contributed by atoms with Gasteiger partial charge >= 0.3 is 5.97 Å². The van der Waals surface area contributed by atoms with Gasteiger partial charge in [0, 0.05) is 44.5 Å². The highest BCUT2D eigenvalue weighted by molar-refractivity contribution is 5.96. The number of fused-ring (bicyclic) bond motifs is 3. The number of methoxy groups -OCH3 is 1. The number of hydrogen-bond donors (Lipinski definition) is 2. The van der Waals surface area contributed by atoms with Crippen LogP contribution in [0.3, 0.4) is 0 Å². The maximum atomic E-state index is 14.4. The molecule has 2 bridgehead atoms. The van der Waals surface area contributed by atoms with Crippen molar-refractivity contribution in [3.63, 3.8) is 0 Å². The average Bonchev–Trinajstić information content (AvgIpc) is 3.01. The first-order valence-corrected chi connectivity index (χ1v) is 15.9. The average molecular weight is 619 g/mol. The molecule has 7 rings (SSSR count). The number of nitrogens with one attached hydrogen (secondary N) is 1. The number of carboxylic acids is 1. The number of nitrogens with zero attached hydrogens (tertiary/aromatic N) is 5. The van der Waals surface area contributed by atoms with E-state index in [9.17, 15) is 19.1 Å². The number of guanidine groups is 1. The third kappa shape index (κ3) is 6.27. The van der Waals surface area contributed by atoms with Gasteiger partial charge in [0.1, 0.15) is 11.6 Å². The fourth-order valence-corrected chi connectivity index (χ4v) is 7.58. The lowest BCUT2D eigenvalue weighted by Crippen LogP contribution is -2.57. The van der Waals surface area contributed by atoms with E-state index in [1.54, 1.807) is 18.2 Å². The summed E-state index contributed by atoms with van der Waals surface area (Å²) >= 11 is 0. The van der Waals surface area contributed by atoms with Gasteiger partial charge in [-0.2, -0.15) is 0 Å². The van der Waals surface area contributed by atoms with E-state index in [2.05, 4.69) is 36.0 Å². The molecule has 3 saturated carbocycles. The summed E-state index contributed by atoms with van der Waals surface area (Å²) in [5.74, 6) is 1.86. The molecule has 4 aliphatic rings. The minimum atomic E-state index is -0.816. The summed E-state index contributed by atoms with van der Waals surface area (Å²) in [4.78, 5) is 38.6. The van der Waals surface area contributed by atoms with Crippen LogP contribution in [-0.4, -0.2) is 82.3 Å². The number of ether oxygens (including phenoxy) is 1. The molecule has 0 spiro atoms. The number of piperazine rings is 1. The summed E-state index contributed by atoms with van der Waals surface area (Å²) in [6.45, 7) is 10.1. The second-order valence-corrected chi connectivity index (χ2v) is 13.4. The fourth-order valence-electron chi connectivity index (χ4n) is 7.58. The van der Waals surface area contributed by atoms with Gasteiger partial charge in [-0.1, -0.05) is 26.8 Å². The van der Waals surface area contributed by atoms with Gasteiger partial charge in [-0.05, 0) is 72.3 Å². The van der Waals surface area contributed by atoms with Crippen molar-refractivity contribution in [2.45, 2.75) is 52.6 Å². The van der Waals surface area contributed by atoms with Gasteiger partial charge in [-0.15, -0.1) is 0 Å². The van der Waals surface area contributed by atoms with E-state index in [0.717, 1.165) is 18.1 Å². The minimum Gasteiger partial charge on any atom is -0.497 e. The molecule has 1 saturated heterocycles. The predicted octanol–water partition coefficient (Wildman–Crippen LogP) is 4.33. The zero-order valence-electron chi connectivity index (χ0n) is 26.5. The Kier molecular flexibility index (Phi) is 8.56. The van der Waals surface area contributed by atoms with Crippen molar-refractivity contribution in [1.29, 1.82) is 0 Å². The number of benzene rings is 2. The third-order valence-corrected chi connectivity index (χ3v) is 10.6. The summed E-state index contributed by atoms with van der Waals surface area (Å²) in [5.41, 5.74) is 2.04. The summed E-state index contributed by atoms with van der Waals surface area (Å²) < 4.78 is 21.0. The van der Waals surface area contributed by atoms with Crippen LogP contribution in [0, 0.1) is 29.0 Å². The van der Waals surface area contributed by atoms with Gasteiger partial charge in [0.15, 0.2) is 5.96 Å². The van der Waals surface area contributed by atoms with Crippen LogP contribution < -0.4 is 15.6 Å². The van der Waals surface area contributed by atoms with Crippen molar-refractivity contribution >= 4 is 28.5 Å². The summed E-state index contributed by atoms with van der Waals surface area (Å²) in [6, 6.07) is 10.5.